The van der Waals surface area contributed by atoms with Gasteiger partial charge in [-0.2, -0.15) is 0 Å². The minimum atomic E-state index is -0.650. The summed E-state index contributed by atoms with van der Waals surface area (Å²) in [4.78, 5) is 35.4. The molecule has 0 saturated carbocycles. The number of nitro benzene ring substituents is 1. The number of amides is 1. The topological polar surface area (TPSA) is 105 Å². The molecular formula is C12H8ClN3O4. The Morgan fingerprint density at radius 3 is 2.70 bits per heavy atom. The Bertz CT molecular complexity index is 741. The van der Waals surface area contributed by atoms with Gasteiger partial charge < -0.3 is 10.3 Å². The summed E-state index contributed by atoms with van der Waals surface area (Å²) in [5.74, 6) is -0.584. The number of anilines is 1. The summed E-state index contributed by atoms with van der Waals surface area (Å²) in [5, 5.41) is 13.1. The molecule has 0 atom stereocenters. The lowest BCUT2D eigenvalue weighted by Gasteiger charge is -2.05. The van der Waals surface area contributed by atoms with Gasteiger partial charge in [0, 0.05) is 17.8 Å². The van der Waals surface area contributed by atoms with Crippen molar-refractivity contribution in [2.75, 3.05) is 5.32 Å². The predicted molar refractivity (Wildman–Crippen MR) is 73.1 cm³/mol. The van der Waals surface area contributed by atoms with Gasteiger partial charge in [-0.15, -0.1) is 0 Å². The fourth-order valence-corrected chi connectivity index (χ4v) is 1.70. The third kappa shape index (κ3) is 3.01. The normalized spacial score (nSPS) is 10.1. The Balaban J connectivity index is 2.26. The van der Waals surface area contributed by atoms with Gasteiger partial charge in [0.2, 0.25) is 5.56 Å². The molecular weight excluding hydrogens is 286 g/mol. The van der Waals surface area contributed by atoms with E-state index in [9.17, 15) is 19.7 Å². The van der Waals surface area contributed by atoms with E-state index >= 15 is 0 Å². The van der Waals surface area contributed by atoms with Crippen LogP contribution in [0.25, 0.3) is 0 Å². The molecule has 0 spiro atoms. The van der Waals surface area contributed by atoms with Crippen LogP contribution in [-0.2, 0) is 0 Å². The Labute approximate surface area is 117 Å². The van der Waals surface area contributed by atoms with Crippen LogP contribution >= 0.6 is 11.6 Å². The van der Waals surface area contributed by atoms with Gasteiger partial charge in [0.25, 0.3) is 11.6 Å². The van der Waals surface area contributed by atoms with Gasteiger partial charge in [-0.1, -0.05) is 17.7 Å². The highest BCUT2D eigenvalue weighted by Crippen LogP contribution is 2.27. The summed E-state index contributed by atoms with van der Waals surface area (Å²) in [6, 6.07) is 7.99. The van der Waals surface area contributed by atoms with Gasteiger partial charge in [-0.3, -0.25) is 19.7 Å². The molecule has 2 rings (SSSR count). The first-order valence-electron chi connectivity index (χ1n) is 5.42. The van der Waals surface area contributed by atoms with Gasteiger partial charge in [0.1, 0.15) is 10.7 Å². The first kappa shape index (κ1) is 13.8. The number of carbonyl (C=O) groups is 1. The number of rotatable bonds is 3. The number of nitrogens with one attached hydrogen (secondary N) is 2. The van der Waals surface area contributed by atoms with Crippen LogP contribution in [-0.4, -0.2) is 15.8 Å². The number of nitrogens with zero attached hydrogens (tertiary/aromatic N) is 1. The molecule has 1 amide bonds. The quantitative estimate of drug-likeness (QED) is 0.668. The highest BCUT2D eigenvalue weighted by atomic mass is 35.5. The van der Waals surface area contributed by atoms with Crippen LogP contribution in [0.4, 0.5) is 11.4 Å². The standard InChI is InChI=1S/C12H8ClN3O4/c13-8-5-4-7(6-10(8)16(19)20)14-12(18)9-2-1-3-11(17)15-9/h1-6H,(H,14,18)(H,15,17). The molecule has 1 aromatic carbocycles. The van der Waals surface area contributed by atoms with Crippen molar-refractivity contribution >= 4 is 28.9 Å². The number of carbonyl (C=O) groups excluding carboxylic acids is 1. The number of aromatic nitrogens is 1. The van der Waals surface area contributed by atoms with E-state index in [0.29, 0.717) is 0 Å². The van der Waals surface area contributed by atoms with E-state index in [4.69, 9.17) is 11.6 Å². The minimum absolute atomic E-state index is 0.0267. The molecule has 0 unspecified atom stereocenters. The first-order chi connectivity index (χ1) is 9.47. The Morgan fingerprint density at radius 2 is 2.05 bits per heavy atom. The lowest BCUT2D eigenvalue weighted by atomic mass is 10.2. The van der Waals surface area contributed by atoms with Crippen molar-refractivity contribution in [1.29, 1.82) is 0 Å². The zero-order valence-electron chi connectivity index (χ0n) is 9.92. The number of pyridine rings is 1. The first-order valence-corrected chi connectivity index (χ1v) is 5.80. The highest BCUT2D eigenvalue weighted by Gasteiger charge is 2.14. The molecule has 102 valence electrons. The largest absolute Gasteiger partial charge is 0.320 e. The molecule has 2 N–H and O–H groups in total. The van der Waals surface area contributed by atoms with Gasteiger partial charge in [0.15, 0.2) is 0 Å². The smallest absolute Gasteiger partial charge is 0.289 e. The second-order valence-corrected chi connectivity index (χ2v) is 4.21. The van der Waals surface area contributed by atoms with Crippen LogP contribution in [0.2, 0.25) is 5.02 Å². The third-order valence-electron chi connectivity index (χ3n) is 2.41. The number of aromatic amines is 1. The van der Waals surface area contributed by atoms with E-state index in [0.717, 1.165) is 6.07 Å². The van der Waals surface area contributed by atoms with Gasteiger partial charge in [-0.05, 0) is 18.2 Å². The zero-order valence-corrected chi connectivity index (χ0v) is 10.7. The monoisotopic (exact) mass is 293 g/mol. The molecule has 0 fully saturated rings. The van der Waals surface area contributed by atoms with Crippen LogP contribution in [0.1, 0.15) is 10.5 Å². The summed E-state index contributed by atoms with van der Waals surface area (Å²) in [6.07, 6.45) is 0. The molecule has 0 saturated heterocycles. The number of H-pyrrole nitrogens is 1. The SMILES string of the molecule is O=C(Nc1ccc(Cl)c([N+](=O)[O-])c1)c1cccc(=O)[nH]1. The maximum atomic E-state index is 11.8. The summed E-state index contributed by atoms with van der Waals surface area (Å²) in [6.45, 7) is 0. The molecule has 0 radical (unpaired) electrons. The second-order valence-electron chi connectivity index (χ2n) is 3.81. The number of nitro groups is 1. The van der Waals surface area contributed by atoms with Crippen molar-refractivity contribution in [1.82, 2.24) is 4.98 Å². The summed E-state index contributed by atoms with van der Waals surface area (Å²) >= 11 is 5.66. The number of halogens is 1. The fraction of sp³-hybridized carbons (Fsp3) is 0. The minimum Gasteiger partial charge on any atom is -0.320 e. The summed E-state index contributed by atoms with van der Waals surface area (Å²) < 4.78 is 0. The van der Waals surface area contributed by atoms with Gasteiger partial charge in [-0.25, -0.2) is 0 Å². The van der Waals surface area contributed by atoms with Crippen molar-refractivity contribution in [2.24, 2.45) is 0 Å². The van der Waals surface area contributed by atoms with Crippen molar-refractivity contribution in [3.8, 4) is 0 Å². The molecule has 0 bridgehead atoms. The maximum absolute atomic E-state index is 11.8. The number of hydrogen-bond donors (Lipinski definition) is 2. The van der Waals surface area contributed by atoms with Crippen molar-refractivity contribution in [3.63, 3.8) is 0 Å². The van der Waals surface area contributed by atoms with E-state index in [1.807, 2.05) is 0 Å². The van der Waals surface area contributed by atoms with Crippen LogP contribution in [0.3, 0.4) is 0 Å². The van der Waals surface area contributed by atoms with Crippen LogP contribution in [0, 0.1) is 10.1 Å². The van der Waals surface area contributed by atoms with Gasteiger partial charge in [0.05, 0.1) is 4.92 Å². The average molecular weight is 294 g/mol. The number of benzene rings is 1. The lowest BCUT2D eigenvalue weighted by Crippen LogP contribution is -2.17. The molecule has 0 aliphatic carbocycles. The molecule has 1 heterocycles. The molecule has 0 aliphatic rings. The number of hydrogen-bond acceptors (Lipinski definition) is 4. The predicted octanol–water partition coefficient (Wildman–Crippen LogP) is 2.19. The second kappa shape index (κ2) is 5.54. The van der Waals surface area contributed by atoms with E-state index < -0.39 is 16.4 Å². The Morgan fingerprint density at radius 1 is 1.30 bits per heavy atom. The molecule has 0 aliphatic heterocycles. The van der Waals surface area contributed by atoms with Crippen molar-refractivity contribution < 1.29 is 9.72 Å². The molecule has 20 heavy (non-hydrogen) atoms. The lowest BCUT2D eigenvalue weighted by molar-refractivity contribution is -0.384. The summed E-state index contributed by atoms with van der Waals surface area (Å²) in [7, 11) is 0. The Kier molecular flexibility index (Phi) is 3.81. The van der Waals surface area contributed by atoms with Crippen LogP contribution in [0.5, 0.6) is 0 Å². The third-order valence-corrected chi connectivity index (χ3v) is 2.73. The summed E-state index contributed by atoms with van der Waals surface area (Å²) in [5.41, 5.74) is -0.475. The Hall–Kier alpha value is -2.67. The zero-order chi connectivity index (χ0) is 14.7. The highest BCUT2D eigenvalue weighted by molar-refractivity contribution is 6.32. The van der Waals surface area contributed by atoms with Crippen molar-refractivity contribution in [3.05, 3.63) is 67.6 Å². The maximum Gasteiger partial charge on any atom is 0.289 e. The average Bonchev–Trinajstić information content (AvgIpc) is 2.40. The van der Waals surface area contributed by atoms with E-state index in [1.165, 1.54) is 30.3 Å². The van der Waals surface area contributed by atoms with Crippen LogP contribution < -0.4 is 10.9 Å². The molecule has 1 aromatic heterocycles. The molecule has 8 heteroatoms. The molecule has 2 aromatic rings. The van der Waals surface area contributed by atoms with E-state index in [1.54, 1.807) is 0 Å². The van der Waals surface area contributed by atoms with Crippen LogP contribution in [0.15, 0.2) is 41.2 Å². The van der Waals surface area contributed by atoms with Crippen molar-refractivity contribution in [2.45, 2.75) is 0 Å². The van der Waals surface area contributed by atoms with E-state index in [-0.39, 0.29) is 22.1 Å². The van der Waals surface area contributed by atoms with Gasteiger partial charge >= 0.3 is 0 Å². The molecule has 7 nitrogen and oxygen atoms in total. The fourth-order valence-electron chi connectivity index (χ4n) is 1.51. The van der Waals surface area contributed by atoms with E-state index in [2.05, 4.69) is 10.3 Å².